The van der Waals surface area contributed by atoms with Crippen molar-refractivity contribution in [1.29, 1.82) is 0 Å². The summed E-state index contributed by atoms with van der Waals surface area (Å²) in [5.74, 6) is 0. The predicted molar refractivity (Wildman–Crippen MR) is 41.0 cm³/mol. The molecule has 0 aromatic heterocycles. The van der Waals surface area contributed by atoms with Crippen LogP contribution < -0.4 is 5.32 Å². The van der Waals surface area contributed by atoms with Gasteiger partial charge in [0.25, 0.3) is 0 Å². The van der Waals surface area contributed by atoms with Crippen molar-refractivity contribution in [2.24, 2.45) is 0 Å². The number of methoxy groups -OCH3 is 1. The lowest BCUT2D eigenvalue weighted by molar-refractivity contribution is 0.118. The summed E-state index contributed by atoms with van der Waals surface area (Å²) in [5.41, 5.74) is 0. The third kappa shape index (κ3) is 1.92. The Hall–Kier alpha value is 0.400. The number of ether oxygens (including phenoxy) is 1. The number of hydrogen-bond donors (Lipinski definition) is 1. The van der Waals surface area contributed by atoms with E-state index in [1.807, 2.05) is 0 Å². The quantitative estimate of drug-likeness (QED) is 0.655. The molecule has 1 N–H and O–H groups in total. The number of rotatable bonds is 2. The van der Waals surface area contributed by atoms with Gasteiger partial charge < -0.3 is 10.1 Å². The minimum atomic E-state index is 0.438. The fraction of sp³-hybridized carbons (Fsp3) is 1.00. The SMILES string of the molecule is CO[C@H]1CN[C@@H](CBr)C1. The van der Waals surface area contributed by atoms with Crippen molar-refractivity contribution < 1.29 is 4.74 Å². The fourth-order valence-electron chi connectivity index (χ4n) is 1.08. The van der Waals surface area contributed by atoms with Gasteiger partial charge in [-0.3, -0.25) is 0 Å². The van der Waals surface area contributed by atoms with Crippen molar-refractivity contribution in [3.8, 4) is 0 Å². The molecule has 9 heavy (non-hydrogen) atoms. The lowest BCUT2D eigenvalue weighted by Gasteiger charge is -2.04. The average Bonchev–Trinajstić information content (AvgIpc) is 2.34. The van der Waals surface area contributed by atoms with Gasteiger partial charge in [0.2, 0.25) is 0 Å². The molecule has 1 heterocycles. The normalized spacial score (nSPS) is 35.3. The Morgan fingerprint density at radius 1 is 1.78 bits per heavy atom. The Bertz CT molecular complexity index is 79.1. The van der Waals surface area contributed by atoms with Gasteiger partial charge in [0, 0.05) is 25.0 Å². The molecule has 1 aliphatic heterocycles. The minimum Gasteiger partial charge on any atom is -0.380 e. The van der Waals surface area contributed by atoms with E-state index in [0.29, 0.717) is 12.1 Å². The van der Waals surface area contributed by atoms with Gasteiger partial charge in [0.15, 0.2) is 0 Å². The highest BCUT2D eigenvalue weighted by Crippen LogP contribution is 2.10. The number of nitrogens with one attached hydrogen (secondary N) is 1. The van der Waals surface area contributed by atoms with Gasteiger partial charge in [-0.1, -0.05) is 15.9 Å². The Morgan fingerprint density at radius 3 is 2.89 bits per heavy atom. The highest BCUT2D eigenvalue weighted by molar-refractivity contribution is 9.09. The maximum Gasteiger partial charge on any atom is 0.0710 e. The van der Waals surface area contributed by atoms with E-state index in [-0.39, 0.29) is 0 Å². The highest BCUT2D eigenvalue weighted by atomic mass is 79.9. The summed E-state index contributed by atoms with van der Waals surface area (Å²) in [5, 5.41) is 4.37. The molecule has 0 aromatic rings. The van der Waals surface area contributed by atoms with E-state index in [2.05, 4.69) is 21.2 Å². The molecule has 2 atom stereocenters. The largest absolute Gasteiger partial charge is 0.380 e. The van der Waals surface area contributed by atoms with E-state index in [1.54, 1.807) is 7.11 Å². The first kappa shape index (κ1) is 7.51. The second-order valence-corrected chi connectivity index (χ2v) is 3.00. The van der Waals surface area contributed by atoms with E-state index < -0.39 is 0 Å². The third-order valence-corrected chi connectivity index (χ3v) is 2.48. The van der Waals surface area contributed by atoms with Gasteiger partial charge in [-0.15, -0.1) is 0 Å². The number of alkyl halides is 1. The monoisotopic (exact) mass is 193 g/mol. The van der Waals surface area contributed by atoms with E-state index in [9.17, 15) is 0 Å². The van der Waals surface area contributed by atoms with Gasteiger partial charge in [-0.2, -0.15) is 0 Å². The van der Waals surface area contributed by atoms with Gasteiger partial charge in [-0.05, 0) is 6.42 Å². The molecule has 0 unspecified atom stereocenters. The first-order valence-electron chi connectivity index (χ1n) is 3.19. The van der Waals surface area contributed by atoms with Crippen LogP contribution in [0.1, 0.15) is 6.42 Å². The van der Waals surface area contributed by atoms with Crippen LogP contribution in [0.5, 0.6) is 0 Å². The van der Waals surface area contributed by atoms with Crippen molar-refractivity contribution >= 4 is 15.9 Å². The molecule has 0 aliphatic carbocycles. The standard InChI is InChI=1S/C6H12BrNO/c1-9-6-2-5(3-7)8-4-6/h5-6,8H,2-4H2,1H3/t5-,6-/m1/s1. The van der Waals surface area contributed by atoms with E-state index in [4.69, 9.17) is 4.74 Å². The van der Waals surface area contributed by atoms with Crippen molar-refractivity contribution in [2.45, 2.75) is 18.6 Å². The van der Waals surface area contributed by atoms with Crippen LogP contribution >= 0.6 is 15.9 Å². The molecule has 0 aromatic carbocycles. The Balaban J connectivity index is 2.20. The highest BCUT2D eigenvalue weighted by Gasteiger charge is 2.21. The third-order valence-electron chi connectivity index (χ3n) is 1.70. The first-order valence-corrected chi connectivity index (χ1v) is 4.31. The second kappa shape index (κ2) is 3.54. The zero-order valence-electron chi connectivity index (χ0n) is 5.56. The average molecular weight is 194 g/mol. The lowest BCUT2D eigenvalue weighted by Crippen LogP contribution is -2.22. The summed E-state index contributed by atoms with van der Waals surface area (Å²) in [7, 11) is 1.77. The fourth-order valence-corrected chi connectivity index (χ4v) is 1.57. The molecule has 0 amide bonds. The molecular formula is C6H12BrNO. The van der Waals surface area contributed by atoms with Gasteiger partial charge in [-0.25, -0.2) is 0 Å². The molecule has 1 aliphatic rings. The van der Waals surface area contributed by atoms with Crippen LogP contribution in [0.4, 0.5) is 0 Å². The van der Waals surface area contributed by atoms with Crippen LogP contribution in [-0.2, 0) is 4.74 Å². The topological polar surface area (TPSA) is 21.3 Å². The number of halogens is 1. The molecule has 3 heteroatoms. The lowest BCUT2D eigenvalue weighted by atomic mass is 10.2. The van der Waals surface area contributed by atoms with Crippen LogP contribution in [0, 0.1) is 0 Å². The van der Waals surface area contributed by atoms with E-state index in [0.717, 1.165) is 18.3 Å². The molecular weight excluding hydrogens is 182 g/mol. The maximum absolute atomic E-state index is 5.16. The van der Waals surface area contributed by atoms with Crippen molar-refractivity contribution in [2.75, 3.05) is 19.0 Å². The van der Waals surface area contributed by atoms with Crippen LogP contribution in [-0.4, -0.2) is 31.1 Å². The maximum atomic E-state index is 5.16. The Kier molecular flexibility index (Phi) is 2.95. The summed E-state index contributed by atoms with van der Waals surface area (Å²) in [4.78, 5) is 0. The smallest absolute Gasteiger partial charge is 0.0710 e. The van der Waals surface area contributed by atoms with Crippen molar-refractivity contribution in [3.63, 3.8) is 0 Å². The van der Waals surface area contributed by atoms with Crippen LogP contribution in [0.2, 0.25) is 0 Å². The zero-order valence-corrected chi connectivity index (χ0v) is 7.15. The summed E-state index contributed by atoms with van der Waals surface area (Å²) in [6.07, 6.45) is 1.58. The van der Waals surface area contributed by atoms with Crippen molar-refractivity contribution in [3.05, 3.63) is 0 Å². The summed E-state index contributed by atoms with van der Waals surface area (Å²) in [6, 6.07) is 0.620. The van der Waals surface area contributed by atoms with Gasteiger partial charge >= 0.3 is 0 Å². The predicted octanol–water partition coefficient (Wildman–Crippen LogP) is 0.758. The van der Waals surface area contributed by atoms with Gasteiger partial charge in [0.05, 0.1) is 6.10 Å². The first-order chi connectivity index (χ1) is 4.36. The summed E-state index contributed by atoms with van der Waals surface area (Å²) < 4.78 is 5.16. The Labute approximate surface area is 64.1 Å². The molecule has 1 rings (SSSR count). The van der Waals surface area contributed by atoms with E-state index in [1.165, 1.54) is 0 Å². The second-order valence-electron chi connectivity index (χ2n) is 2.35. The molecule has 0 spiro atoms. The summed E-state index contributed by atoms with van der Waals surface area (Å²) >= 11 is 3.41. The molecule has 1 fully saturated rings. The molecule has 1 saturated heterocycles. The van der Waals surface area contributed by atoms with Crippen LogP contribution in [0.25, 0.3) is 0 Å². The minimum absolute atomic E-state index is 0.438. The molecule has 54 valence electrons. The Morgan fingerprint density at radius 2 is 2.56 bits per heavy atom. The zero-order chi connectivity index (χ0) is 6.69. The number of hydrogen-bond acceptors (Lipinski definition) is 2. The molecule has 2 nitrogen and oxygen atoms in total. The molecule has 0 bridgehead atoms. The van der Waals surface area contributed by atoms with Gasteiger partial charge in [0.1, 0.15) is 0 Å². The van der Waals surface area contributed by atoms with Crippen molar-refractivity contribution in [1.82, 2.24) is 5.32 Å². The van der Waals surface area contributed by atoms with E-state index >= 15 is 0 Å². The summed E-state index contributed by atoms with van der Waals surface area (Å²) in [6.45, 7) is 1.01. The molecule has 0 radical (unpaired) electrons. The molecule has 0 saturated carbocycles. The van der Waals surface area contributed by atoms with Crippen LogP contribution in [0.15, 0.2) is 0 Å². The van der Waals surface area contributed by atoms with Crippen LogP contribution in [0.3, 0.4) is 0 Å².